The van der Waals surface area contributed by atoms with Crippen LogP contribution in [0.15, 0.2) is 76.6 Å². The Kier molecular flexibility index (Phi) is 5.92. The monoisotopic (exact) mass is 453 g/mol. The van der Waals surface area contributed by atoms with Gasteiger partial charge in [0.2, 0.25) is 5.78 Å². The number of ketones is 1. The van der Waals surface area contributed by atoms with Crippen LogP contribution in [0.1, 0.15) is 29.1 Å². The van der Waals surface area contributed by atoms with Crippen molar-refractivity contribution in [2.24, 2.45) is 0 Å². The van der Waals surface area contributed by atoms with Crippen molar-refractivity contribution >= 4 is 29.0 Å². The first-order valence-corrected chi connectivity index (χ1v) is 10.2. The molecule has 0 fully saturated rings. The van der Waals surface area contributed by atoms with E-state index in [-0.39, 0.29) is 11.3 Å². The Hall–Kier alpha value is -3.71. The van der Waals surface area contributed by atoms with Crippen molar-refractivity contribution in [1.82, 2.24) is 0 Å². The summed E-state index contributed by atoms with van der Waals surface area (Å²) in [5, 5.41) is 11.2. The number of carbonyl (C=O) groups excluding carboxylic acids is 2. The van der Waals surface area contributed by atoms with Crippen LogP contribution in [0.3, 0.4) is 0 Å². The zero-order valence-corrected chi connectivity index (χ0v) is 18.1. The lowest BCUT2D eigenvalue weighted by molar-refractivity contribution is -0.117. The smallest absolute Gasteiger partial charge is 0.294 e. The summed E-state index contributed by atoms with van der Waals surface area (Å²) >= 11 is 6.15. The molecule has 0 aliphatic carbocycles. The molecule has 4 rings (SSSR count). The van der Waals surface area contributed by atoms with Gasteiger partial charge in [0.1, 0.15) is 0 Å². The van der Waals surface area contributed by atoms with E-state index in [0.29, 0.717) is 34.4 Å². The Morgan fingerprint density at radius 1 is 1.16 bits per heavy atom. The van der Waals surface area contributed by atoms with Crippen molar-refractivity contribution in [2.75, 3.05) is 18.6 Å². The fourth-order valence-electron chi connectivity index (χ4n) is 3.72. The van der Waals surface area contributed by atoms with Gasteiger partial charge < -0.3 is 19.0 Å². The average molecular weight is 454 g/mol. The van der Waals surface area contributed by atoms with Crippen LogP contribution in [0.2, 0.25) is 5.02 Å². The zero-order chi connectivity index (χ0) is 22.8. The number of aliphatic hydroxyl groups excluding tert-OH is 1. The van der Waals surface area contributed by atoms with Gasteiger partial charge in [-0.25, -0.2) is 0 Å². The maximum absolute atomic E-state index is 13.3. The molecule has 0 radical (unpaired) electrons. The van der Waals surface area contributed by atoms with Crippen molar-refractivity contribution in [3.63, 3.8) is 0 Å². The molecular weight excluding hydrogens is 434 g/mol. The normalized spacial score (nSPS) is 15.9. The van der Waals surface area contributed by atoms with Gasteiger partial charge in [0.15, 0.2) is 23.0 Å². The highest BCUT2D eigenvalue weighted by Crippen LogP contribution is 2.44. The SMILES string of the molecule is CCOc1cc(C2C(C(=O)c3ccco3)=C(O)C(=O)N2c2cccc(Cl)c2)ccc1OC. The van der Waals surface area contributed by atoms with E-state index in [0.717, 1.165) is 0 Å². The summed E-state index contributed by atoms with van der Waals surface area (Å²) in [4.78, 5) is 27.7. The van der Waals surface area contributed by atoms with Crippen LogP contribution in [0.5, 0.6) is 11.5 Å². The van der Waals surface area contributed by atoms with E-state index in [2.05, 4.69) is 0 Å². The minimum atomic E-state index is -0.941. The van der Waals surface area contributed by atoms with E-state index in [1.807, 2.05) is 6.92 Å². The molecule has 164 valence electrons. The molecule has 2 aromatic carbocycles. The highest BCUT2D eigenvalue weighted by molar-refractivity contribution is 6.31. The second-order valence-electron chi connectivity index (χ2n) is 6.97. The van der Waals surface area contributed by atoms with Gasteiger partial charge in [-0.15, -0.1) is 0 Å². The molecule has 0 bridgehead atoms. The molecule has 1 aliphatic rings. The molecule has 32 heavy (non-hydrogen) atoms. The van der Waals surface area contributed by atoms with E-state index in [9.17, 15) is 14.7 Å². The topological polar surface area (TPSA) is 89.2 Å². The summed E-state index contributed by atoms with van der Waals surface area (Å²) in [5.41, 5.74) is 0.870. The number of nitrogens with zero attached hydrogens (tertiary/aromatic N) is 1. The summed E-state index contributed by atoms with van der Waals surface area (Å²) in [6.07, 6.45) is 1.35. The largest absolute Gasteiger partial charge is 0.503 e. The minimum absolute atomic E-state index is 0.0100. The van der Waals surface area contributed by atoms with E-state index in [1.165, 1.54) is 24.3 Å². The number of rotatable bonds is 7. The molecule has 0 saturated heterocycles. The Labute approximate surface area is 189 Å². The molecular formula is C24H20ClNO6. The number of anilines is 1. The van der Waals surface area contributed by atoms with Gasteiger partial charge in [-0.3, -0.25) is 14.5 Å². The quantitative estimate of drug-likeness (QED) is 0.499. The molecule has 7 nitrogen and oxygen atoms in total. The second-order valence-corrected chi connectivity index (χ2v) is 7.41. The van der Waals surface area contributed by atoms with E-state index in [4.69, 9.17) is 25.5 Å². The molecule has 1 atom stereocenters. The zero-order valence-electron chi connectivity index (χ0n) is 17.4. The Bertz CT molecular complexity index is 1200. The van der Waals surface area contributed by atoms with Crippen LogP contribution in [-0.4, -0.2) is 30.5 Å². The van der Waals surface area contributed by atoms with Crippen LogP contribution >= 0.6 is 11.6 Å². The highest BCUT2D eigenvalue weighted by Gasteiger charge is 2.45. The highest BCUT2D eigenvalue weighted by atomic mass is 35.5. The molecule has 0 saturated carbocycles. The predicted molar refractivity (Wildman–Crippen MR) is 119 cm³/mol. The number of ether oxygens (including phenoxy) is 2. The van der Waals surface area contributed by atoms with E-state index in [1.54, 1.807) is 48.5 Å². The van der Waals surface area contributed by atoms with Crippen LogP contribution in [0.4, 0.5) is 5.69 Å². The summed E-state index contributed by atoms with van der Waals surface area (Å²) in [5.74, 6) is -1.00. The number of aliphatic hydroxyl groups is 1. The molecule has 1 N–H and O–H groups in total. The van der Waals surface area contributed by atoms with Gasteiger partial charge in [-0.1, -0.05) is 23.7 Å². The van der Waals surface area contributed by atoms with Gasteiger partial charge in [0.25, 0.3) is 5.91 Å². The fraction of sp³-hybridized carbons (Fsp3) is 0.167. The number of Topliss-reactive ketones (excluding diaryl/α,β-unsaturated/α-hetero) is 1. The molecule has 2 heterocycles. The number of hydrogen-bond donors (Lipinski definition) is 1. The molecule has 1 amide bonds. The Morgan fingerprint density at radius 3 is 2.62 bits per heavy atom. The average Bonchev–Trinajstić information content (AvgIpc) is 3.41. The minimum Gasteiger partial charge on any atom is -0.503 e. The standard InChI is InChI=1S/C24H20ClNO6/c1-3-31-19-12-14(9-10-17(19)30-2)21-20(22(27)18-8-5-11-32-18)23(28)24(29)26(21)16-7-4-6-15(25)13-16/h4-13,21,28H,3H2,1-2H3. The number of carbonyl (C=O) groups is 2. The maximum Gasteiger partial charge on any atom is 0.294 e. The molecule has 8 heteroatoms. The van der Waals surface area contributed by atoms with Crippen molar-refractivity contribution < 1.29 is 28.6 Å². The van der Waals surface area contributed by atoms with Crippen molar-refractivity contribution in [2.45, 2.75) is 13.0 Å². The molecule has 0 spiro atoms. The van der Waals surface area contributed by atoms with Crippen molar-refractivity contribution in [3.05, 3.63) is 88.5 Å². The van der Waals surface area contributed by atoms with Crippen molar-refractivity contribution in [1.29, 1.82) is 0 Å². The lowest BCUT2D eigenvalue weighted by Crippen LogP contribution is -2.31. The van der Waals surface area contributed by atoms with Crippen LogP contribution in [0, 0.1) is 0 Å². The summed E-state index contributed by atoms with van der Waals surface area (Å²) < 4.78 is 16.3. The number of halogens is 1. The third-order valence-electron chi connectivity index (χ3n) is 5.09. The van der Waals surface area contributed by atoms with Gasteiger partial charge in [-0.2, -0.15) is 0 Å². The van der Waals surface area contributed by atoms with Gasteiger partial charge in [0.05, 0.1) is 31.6 Å². The molecule has 1 unspecified atom stereocenters. The number of methoxy groups -OCH3 is 1. The Morgan fingerprint density at radius 2 is 1.97 bits per heavy atom. The summed E-state index contributed by atoms with van der Waals surface area (Å²) in [6, 6.07) is 13.8. The molecule has 3 aromatic rings. The van der Waals surface area contributed by atoms with Crippen LogP contribution in [-0.2, 0) is 4.79 Å². The van der Waals surface area contributed by atoms with E-state index >= 15 is 0 Å². The molecule has 1 aliphatic heterocycles. The number of hydrogen-bond acceptors (Lipinski definition) is 6. The third-order valence-corrected chi connectivity index (χ3v) is 5.32. The van der Waals surface area contributed by atoms with E-state index < -0.39 is 23.5 Å². The third kappa shape index (κ3) is 3.71. The van der Waals surface area contributed by atoms with Gasteiger partial charge in [0, 0.05) is 10.7 Å². The predicted octanol–water partition coefficient (Wildman–Crippen LogP) is 5.12. The van der Waals surface area contributed by atoms with Gasteiger partial charge in [-0.05, 0) is 55.0 Å². The maximum atomic E-state index is 13.3. The summed E-state index contributed by atoms with van der Waals surface area (Å²) in [6.45, 7) is 2.22. The first-order valence-electron chi connectivity index (χ1n) is 9.87. The second kappa shape index (κ2) is 8.80. The lowest BCUT2D eigenvalue weighted by atomic mass is 9.94. The molecule has 1 aromatic heterocycles. The number of benzene rings is 2. The Balaban J connectivity index is 1.90. The van der Waals surface area contributed by atoms with Crippen LogP contribution in [0.25, 0.3) is 0 Å². The van der Waals surface area contributed by atoms with Crippen molar-refractivity contribution in [3.8, 4) is 11.5 Å². The first-order chi connectivity index (χ1) is 15.5. The fourth-order valence-corrected chi connectivity index (χ4v) is 3.90. The number of amides is 1. The van der Waals surface area contributed by atoms with Crippen LogP contribution < -0.4 is 14.4 Å². The summed E-state index contributed by atoms with van der Waals surface area (Å²) in [7, 11) is 1.52. The van der Waals surface area contributed by atoms with Gasteiger partial charge >= 0.3 is 0 Å². The first kappa shape index (κ1) is 21.5. The lowest BCUT2D eigenvalue weighted by Gasteiger charge is -2.27. The number of furan rings is 1.